The predicted octanol–water partition coefficient (Wildman–Crippen LogP) is 7.77. The van der Waals surface area contributed by atoms with Crippen molar-refractivity contribution < 1.29 is 19.1 Å². The summed E-state index contributed by atoms with van der Waals surface area (Å²) in [5, 5.41) is 13.7. The van der Waals surface area contributed by atoms with Crippen molar-refractivity contribution in [2.24, 2.45) is 15.2 Å². The van der Waals surface area contributed by atoms with Gasteiger partial charge in [-0.05, 0) is 49.7 Å². The van der Waals surface area contributed by atoms with E-state index in [-0.39, 0.29) is 37.1 Å². The van der Waals surface area contributed by atoms with Crippen LogP contribution in [0.15, 0.2) is 51.6 Å². The van der Waals surface area contributed by atoms with Gasteiger partial charge in [0.15, 0.2) is 5.78 Å². The van der Waals surface area contributed by atoms with Crippen LogP contribution >= 0.6 is 58.0 Å². The molecule has 0 radical (unpaired) electrons. The highest BCUT2D eigenvalue weighted by Gasteiger charge is 2.34. The lowest BCUT2D eigenvalue weighted by Crippen LogP contribution is -2.32. The molecular weight excluding hydrogens is 624 g/mol. The normalized spacial score (nSPS) is 14.3. The van der Waals surface area contributed by atoms with Gasteiger partial charge in [-0.25, -0.2) is 4.99 Å². The van der Waals surface area contributed by atoms with E-state index in [0.29, 0.717) is 33.4 Å². The number of benzene rings is 3. The first-order valence-electron chi connectivity index (χ1n) is 11.4. The summed E-state index contributed by atoms with van der Waals surface area (Å²) in [6, 6.07) is 8.07. The first-order valence-corrected chi connectivity index (χ1v) is 13.2. The third kappa shape index (κ3) is 5.94. The van der Waals surface area contributed by atoms with Crippen molar-refractivity contribution in [3.63, 3.8) is 0 Å². The van der Waals surface area contributed by atoms with Crippen molar-refractivity contribution in [1.82, 2.24) is 5.32 Å². The second kappa shape index (κ2) is 12.1. The average molecular weight is 642 g/mol. The summed E-state index contributed by atoms with van der Waals surface area (Å²) in [5.41, 5.74) is 2.12. The average Bonchev–Trinajstić information content (AvgIpc) is 3.24. The molecule has 9 nitrogen and oxygen atoms in total. The van der Waals surface area contributed by atoms with E-state index in [0.717, 1.165) is 0 Å². The molecule has 1 heterocycles. The number of nitrogens with one attached hydrogen (secondary N) is 2. The molecule has 3 aromatic carbocycles. The molecule has 1 aliphatic rings. The number of aliphatic imine (C=N–C) groups is 1. The van der Waals surface area contributed by atoms with Crippen LogP contribution in [0.1, 0.15) is 28.4 Å². The molecular formula is C26H18Cl5N5O4. The minimum atomic E-state index is -1.41. The monoisotopic (exact) mass is 639 g/mol. The van der Waals surface area contributed by atoms with Crippen LogP contribution in [0.4, 0.5) is 17.1 Å². The number of halogens is 5. The number of amides is 2. The number of aryl methyl sites for hydroxylation is 1. The fraction of sp³-hybridized carbons (Fsp3) is 0.154. The minimum Gasteiger partial charge on any atom is -0.495 e. The number of anilines is 1. The topological polar surface area (TPSA) is 122 Å². The molecule has 0 aromatic heterocycles. The highest BCUT2D eigenvalue weighted by Crippen LogP contribution is 2.43. The van der Waals surface area contributed by atoms with Crippen molar-refractivity contribution in [1.29, 1.82) is 0 Å². The van der Waals surface area contributed by atoms with Gasteiger partial charge in [-0.1, -0.05) is 58.0 Å². The molecule has 3 aromatic rings. The number of fused-ring (bicyclic) bond motifs is 1. The van der Waals surface area contributed by atoms with E-state index in [9.17, 15) is 14.4 Å². The van der Waals surface area contributed by atoms with Gasteiger partial charge in [-0.15, -0.1) is 0 Å². The quantitative estimate of drug-likeness (QED) is 0.118. The van der Waals surface area contributed by atoms with Crippen LogP contribution in [-0.2, 0) is 9.59 Å². The Hall–Kier alpha value is -3.21. The molecule has 0 spiro atoms. The third-order valence-electron chi connectivity index (χ3n) is 5.71. The number of Topliss-reactive ketones (excluding diaryl/α,β-unsaturated/α-hetero) is 1. The molecule has 2 amide bonds. The second-order valence-corrected chi connectivity index (χ2v) is 10.4. The van der Waals surface area contributed by atoms with E-state index in [2.05, 4.69) is 25.9 Å². The van der Waals surface area contributed by atoms with E-state index in [4.69, 9.17) is 62.7 Å². The van der Waals surface area contributed by atoms with Gasteiger partial charge in [-0.3, -0.25) is 14.4 Å². The zero-order valence-electron chi connectivity index (χ0n) is 20.9. The number of nitrogens with zero attached hydrogens (tertiary/aromatic N) is 3. The maximum Gasteiger partial charge on any atom is 0.259 e. The second-order valence-electron chi connectivity index (χ2n) is 8.46. The number of hydrogen-bond acceptors (Lipinski definition) is 7. The van der Waals surface area contributed by atoms with Crippen LogP contribution in [0.5, 0.6) is 5.75 Å². The first-order chi connectivity index (χ1) is 18.9. The maximum atomic E-state index is 12.8. The zero-order valence-corrected chi connectivity index (χ0v) is 24.7. The standard InChI is InChI=1S/C26H18Cl5N5O4/c1-10-8-15(16(40-3)9-14(10)27)33-26(39)23(11(2)37)36-35-13-6-4-12(5-7-13)32-24-17-18(25(38)34-24)20(29)22(31)21(30)19(17)28/h4-9,23H,1-3H3,(H,33,39)(H,32,34,38)/b36-35+. The molecule has 0 saturated carbocycles. The smallest absolute Gasteiger partial charge is 0.259 e. The number of ether oxygens (including phenoxy) is 1. The zero-order chi connectivity index (χ0) is 29.3. The Balaban J connectivity index is 1.55. The number of amidine groups is 1. The Bertz CT molecular complexity index is 1620. The third-order valence-corrected chi connectivity index (χ3v) is 7.92. The van der Waals surface area contributed by atoms with E-state index in [1.165, 1.54) is 14.0 Å². The Morgan fingerprint density at radius 3 is 2.12 bits per heavy atom. The van der Waals surface area contributed by atoms with Crippen LogP contribution in [0.2, 0.25) is 25.1 Å². The van der Waals surface area contributed by atoms with Gasteiger partial charge in [0.25, 0.3) is 11.8 Å². The van der Waals surface area contributed by atoms with E-state index < -0.39 is 23.6 Å². The summed E-state index contributed by atoms with van der Waals surface area (Å²) in [5.74, 6) is -1.26. The lowest BCUT2D eigenvalue weighted by molar-refractivity contribution is -0.126. The molecule has 2 N–H and O–H groups in total. The van der Waals surface area contributed by atoms with E-state index in [1.54, 1.807) is 43.3 Å². The van der Waals surface area contributed by atoms with Gasteiger partial charge in [0.1, 0.15) is 11.6 Å². The Morgan fingerprint density at radius 2 is 1.52 bits per heavy atom. The summed E-state index contributed by atoms with van der Waals surface area (Å²) in [7, 11) is 1.43. The van der Waals surface area contributed by atoms with Gasteiger partial charge in [0.2, 0.25) is 6.04 Å². The number of azo groups is 1. The van der Waals surface area contributed by atoms with Crippen molar-refractivity contribution in [3.05, 3.63) is 78.2 Å². The molecule has 0 aliphatic carbocycles. The largest absolute Gasteiger partial charge is 0.495 e. The number of carbonyl (C=O) groups excluding carboxylic acids is 3. The maximum absolute atomic E-state index is 12.8. The number of methoxy groups -OCH3 is 1. The van der Waals surface area contributed by atoms with E-state index >= 15 is 0 Å². The van der Waals surface area contributed by atoms with Crippen LogP contribution in [0.3, 0.4) is 0 Å². The molecule has 0 fully saturated rings. The molecule has 14 heteroatoms. The molecule has 0 bridgehead atoms. The first kappa shape index (κ1) is 29.8. The predicted molar refractivity (Wildman–Crippen MR) is 157 cm³/mol. The molecule has 1 atom stereocenters. The minimum absolute atomic E-state index is 0.000691. The van der Waals surface area contributed by atoms with Crippen LogP contribution in [-0.4, -0.2) is 36.6 Å². The fourth-order valence-corrected chi connectivity index (χ4v) is 4.86. The lowest BCUT2D eigenvalue weighted by Gasteiger charge is -2.14. The summed E-state index contributed by atoms with van der Waals surface area (Å²) in [4.78, 5) is 41.9. The van der Waals surface area contributed by atoms with Crippen LogP contribution < -0.4 is 15.4 Å². The Labute approximate surface area is 253 Å². The fourth-order valence-electron chi connectivity index (χ4n) is 3.68. The van der Waals surface area contributed by atoms with Crippen LogP contribution in [0, 0.1) is 6.92 Å². The molecule has 1 aliphatic heterocycles. The molecule has 206 valence electrons. The lowest BCUT2D eigenvalue weighted by atomic mass is 10.1. The number of hydrogen-bond donors (Lipinski definition) is 2. The Morgan fingerprint density at radius 1 is 0.925 bits per heavy atom. The van der Waals surface area contributed by atoms with E-state index in [1.807, 2.05) is 0 Å². The number of carbonyl (C=O) groups is 3. The highest BCUT2D eigenvalue weighted by atomic mass is 35.5. The van der Waals surface area contributed by atoms with Crippen molar-refractivity contribution >= 4 is 98.5 Å². The van der Waals surface area contributed by atoms with Crippen molar-refractivity contribution in [2.75, 3.05) is 12.4 Å². The summed E-state index contributed by atoms with van der Waals surface area (Å²) in [6.45, 7) is 3.00. The van der Waals surface area contributed by atoms with Crippen molar-refractivity contribution in [2.45, 2.75) is 19.9 Å². The van der Waals surface area contributed by atoms with Gasteiger partial charge < -0.3 is 15.4 Å². The number of rotatable bonds is 7. The molecule has 1 unspecified atom stereocenters. The van der Waals surface area contributed by atoms with Gasteiger partial charge >= 0.3 is 0 Å². The molecule has 40 heavy (non-hydrogen) atoms. The Kier molecular flexibility index (Phi) is 9.02. The number of ketones is 1. The molecule has 0 saturated heterocycles. The highest BCUT2D eigenvalue weighted by molar-refractivity contribution is 6.55. The van der Waals surface area contributed by atoms with Gasteiger partial charge in [0, 0.05) is 11.1 Å². The van der Waals surface area contributed by atoms with Gasteiger partial charge in [0.05, 0.1) is 55.4 Å². The SMILES string of the molecule is COc1cc(Cl)c(C)cc1NC(=O)C(/N=N/c1ccc(/N=C2\NC(=O)c3c(Cl)c(Cl)c(Cl)c(Cl)c32)cc1)C(C)=O. The summed E-state index contributed by atoms with van der Waals surface area (Å²) in [6.07, 6.45) is 0. The summed E-state index contributed by atoms with van der Waals surface area (Å²) < 4.78 is 5.26. The van der Waals surface area contributed by atoms with Crippen LogP contribution in [0.25, 0.3) is 0 Å². The van der Waals surface area contributed by atoms with Crippen molar-refractivity contribution in [3.8, 4) is 5.75 Å². The summed E-state index contributed by atoms with van der Waals surface area (Å²) >= 11 is 30.9. The van der Waals surface area contributed by atoms with Gasteiger partial charge in [-0.2, -0.15) is 10.2 Å². The molecule has 4 rings (SSSR count).